The Morgan fingerprint density at radius 3 is 1.95 bits per heavy atom. The Balaban J connectivity index is 0.000000133. The van der Waals surface area contributed by atoms with Crippen LogP contribution in [-0.2, 0) is 0 Å². The smallest absolute Gasteiger partial charge is 0.642 e. The molecule has 0 aromatic heterocycles. The molecule has 0 aliphatic carbocycles. The number of hydrogen-bond acceptors (Lipinski definition) is 0. The minimum Gasteiger partial charge on any atom is -0.642 e. The van der Waals surface area contributed by atoms with Gasteiger partial charge in [0.1, 0.15) is 0 Å². The predicted octanol–water partition coefficient (Wildman–Crippen LogP) is 4.74. The van der Waals surface area contributed by atoms with Crippen molar-refractivity contribution in [1.29, 1.82) is 0 Å². The monoisotopic (exact) mass is 254 g/mol. The summed E-state index contributed by atoms with van der Waals surface area (Å²) < 4.78 is 0. The number of rotatable bonds is 0. The molecule has 1 heteroatoms. The van der Waals surface area contributed by atoms with Gasteiger partial charge in [0.25, 0.3) is 0 Å². The summed E-state index contributed by atoms with van der Waals surface area (Å²) in [5.74, 6) is 0. The maximum absolute atomic E-state index is 2.12. The first kappa shape index (κ1) is 13.8. The molecule has 0 spiro atoms. The van der Waals surface area contributed by atoms with E-state index in [0.29, 0.717) is 0 Å². The van der Waals surface area contributed by atoms with Crippen LogP contribution in [-0.4, -0.2) is 23.1 Å². The van der Waals surface area contributed by atoms with Gasteiger partial charge in [0.2, 0.25) is 0 Å². The zero-order chi connectivity index (χ0) is 12.2. The van der Waals surface area contributed by atoms with Gasteiger partial charge in [0.15, 0.2) is 0 Å². The molecular weight excluding hydrogens is 241 g/mol. The molecule has 0 N–H and O–H groups in total. The molecule has 4 aromatic carbocycles. The number of fused-ring (bicyclic) bond motifs is 2. The molecular formula is C18H14Mg-4. The molecule has 4 aromatic rings. The minimum absolute atomic E-state index is 0. The van der Waals surface area contributed by atoms with Gasteiger partial charge in [-0.15, -0.1) is 35.7 Å². The molecule has 4 rings (SSSR count). The molecule has 0 fully saturated rings. The van der Waals surface area contributed by atoms with Crippen LogP contribution in [0.1, 0.15) is 0 Å². The fourth-order valence-electron chi connectivity index (χ4n) is 2.14. The van der Waals surface area contributed by atoms with Gasteiger partial charge < -0.3 is 53.2 Å². The first-order chi connectivity index (χ1) is 8.93. The molecule has 19 heavy (non-hydrogen) atoms. The molecule has 0 radical (unpaired) electrons. The summed E-state index contributed by atoms with van der Waals surface area (Å²) in [7, 11) is 0. The van der Waals surface area contributed by atoms with Crippen LogP contribution < -0.4 is 0 Å². The molecule has 92 valence electrons. The van der Waals surface area contributed by atoms with Crippen molar-refractivity contribution in [3.8, 4) is 0 Å². The van der Waals surface area contributed by atoms with Gasteiger partial charge in [-0.25, -0.2) is 0 Å². The van der Waals surface area contributed by atoms with E-state index in [1.807, 2.05) is 0 Å². The number of benzene rings is 2. The van der Waals surface area contributed by atoms with Crippen molar-refractivity contribution in [1.82, 2.24) is 0 Å². The third-order valence-electron chi connectivity index (χ3n) is 3.10. The van der Waals surface area contributed by atoms with Gasteiger partial charge in [0.05, 0.1) is 0 Å². The molecule has 0 heterocycles. The maximum Gasteiger partial charge on any atom is 2.00 e. The van der Waals surface area contributed by atoms with Crippen molar-refractivity contribution >= 4 is 44.6 Å². The van der Waals surface area contributed by atoms with Crippen LogP contribution in [0.5, 0.6) is 0 Å². The van der Waals surface area contributed by atoms with E-state index in [1.165, 1.54) is 21.5 Å². The molecule has 0 aliphatic rings. The van der Waals surface area contributed by atoms with Crippen molar-refractivity contribution in [2.75, 3.05) is 0 Å². The maximum atomic E-state index is 2.12. The molecule has 0 aliphatic heterocycles. The second kappa shape index (κ2) is 6.55. The second-order valence-corrected chi connectivity index (χ2v) is 4.31. The molecule has 0 amide bonds. The van der Waals surface area contributed by atoms with Crippen LogP contribution in [0.2, 0.25) is 0 Å². The van der Waals surface area contributed by atoms with Gasteiger partial charge in [-0.3, -0.25) is 0 Å². The van der Waals surface area contributed by atoms with Gasteiger partial charge in [0, 0.05) is 0 Å². The van der Waals surface area contributed by atoms with Gasteiger partial charge in [-0.2, -0.15) is 12.1 Å². The van der Waals surface area contributed by atoms with Crippen LogP contribution in [0.15, 0.2) is 84.9 Å². The topological polar surface area (TPSA) is 0 Å². The SMILES string of the molecule is [Mg+2].c1cc[c-]2[cH-][cH-][cH-][c-]2c1.c1cc[c-]2cccc2c1. The molecule has 0 nitrogen and oxygen atoms in total. The summed E-state index contributed by atoms with van der Waals surface area (Å²) in [6.07, 6.45) is 0. The third kappa shape index (κ3) is 3.25. The van der Waals surface area contributed by atoms with Crippen LogP contribution in [0, 0.1) is 0 Å². The van der Waals surface area contributed by atoms with Crippen molar-refractivity contribution in [2.24, 2.45) is 0 Å². The van der Waals surface area contributed by atoms with Gasteiger partial charge in [-0.05, 0) is 0 Å². The summed E-state index contributed by atoms with van der Waals surface area (Å²) in [5.41, 5.74) is 0. The van der Waals surface area contributed by atoms with E-state index < -0.39 is 0 Å². The van der Waals surface area contributed by atoms with E-state index in [0.717, 1.165) is 0 Å². The Labute approximate surface area is 129 Å². The third-order valence-corrected chi connectivity index (χ3v) is 3.10. The first-order valence-corrected chi connectivity index (χ1v) is 6.14. The summed E-state index contributed by atoms with van der Waals surface area (Å²) in [6.45, 7) is 0. The minimum atomic E-state index is 0. The van der Waals surface area contributed by atoms with Crippen LogP contribution >= 0.6 is 0 Å². The van der Waals surface area contributed by atoms with E-state index in [9.17, 15) is 0 Å². The Morgan fingerprint density at radius 2 is 1.26 bits per heavy atom. The number of hydrogen-bond donors (Lipinski definition) is 0. The average molecular weight is 255 g/mol. The quantitative estimate of drug-likeness (QED) is 0.314. The Bertz CT molecular complexity index is 620. The Kier molecular flexibility index (Phi) is 4.78. The molecule has 0 bridgehead atoms. The second-order valence-electron chi connectivity index (χ2n) is 4.31. The van der Waals surface area contributed by atoms with E-state index in [-0.39, 0.29) is 23.1 Å². The summed E-state index contributed by atoms with van der Waals surface area (Å²) in [5, 5.41) is 5.32. The van der Waals surface area contributed by atoms with E-state index >= 15 is 0 Å². The van der Waals surface area contributed by atoms with Crippen molar-refractivity contribution < 1.29 is 0 Å². The molecule has 0 unspecified atom stereocenters. The normalized spacial score (nSPS) is 9.68. The Hall–Kier alpha value is -1.57. The average Bonchev–Trinajstić information content (AvgIpc) is 3.08. The van der Waals surface area contributed by atoms with E-state index in [4.69, 9.17) is 0 Å². The Morgan fingerprint density at radius 1 is 0.684 bits per heavy atom. The molecule has 0 atom stereocenters. The van der Waals surface area contributed by atoms with Crippen molar-refractivity contribution in [3.05, 3.63) is 84.9 Å². The zero-order valence-electron chi connectivity index (χ0n) is 10.8. The summed E-state index contributed by atoms with van der Waals surface area (Å²) >= 11 is 0. The van der Waals surface area contributed by atoms with Gasteiger partial charge in [-0.1, -0.05) is 5.39 Å². The fourth-order valence-corrected chi connectivity index (χ4v) is 2.14. The van der Waals surface area contributed by atoms with E-state index in [1.54, 1.807) is 0 Å². The fraction of sp³-hybridized carbons (Fsp3) is 0. The van der Waals surface area contributed by atoms with E-state index in [2.05, 4.69) is 84.9 Å². The standard InChI is InChI=1S/2C9H7.Mg/c2*1-2-5-9-7-3-6-8(9)4-1;/h2*1-7H;/q-5;-1;+2. The van der Waals surface area contributed by atoms with Crippen molar-refractivity contribution in [2.45, 2.75) is 0 Å². The first-order valence-electron chi connectivity index (χ1n) is 6.14. The van der Waals surface area contributed by atoms with Crippen LogP contribution in [0.4, 0.5) is 0 Å². The molecule has 0 saturated heterocycles. The van der Waals surface area contributed by atoms with Crippen LogP contribution in [0.3, 0.4) is 0 Å². The largest absolute Gasteiger partial charge is 2.00 e. The zero-order valence-corrected chi connectivity index (χ0v) is 12.2. The predicted molar refractivity (Wildman–Crippen MR) is 84.8 cm³/mol. The molecule has 0 saturated carbocycles. The van der Waals surface area contributed by atoms with Crippen LogP contribution in [0.25, 0.3) is 21.5 Å². The summed E-state index contributed by atoms with van der Waals surface area (Å²) in [4.78, 5) is 0. The summed E-state index contributed by atoms with van der Waals surface area (Å²) in [6, 6.07) is 29.3. The van der Waals surface area contributed by atoms with Gasteiger partial charge >= 0.3 is 23.1 Å². The van der Waals surface area contributed by atoms with Crippen molar-refractivity contribution in [3.63, 3.8) is 0 Å².